The number of rotatable bonds is 7. The van der Waals surface area contributed by atoms with Crippen LogP contribution in [0.1, 0.15) is 0 Å². The number of alkyl halides is 2. The Morgan fingerprint density at radius 1 is 1.42 bits per heavy atom. The first-order chi connectivity index (χ1) is 9.00. The second-order valence-corrected chi connectivity index (χ2v) is 3.95. The van der Waals surface area contributed by atoms with Gasteiger partial charge in [0.25, 0.3) is 6.43 Å². The lowest BCUT2D eigenvalue weighted by atomic mass is 10.0. The Balaban J connectivity index is 2.15. The van der Waals surface area contributed by atoms with E-state index in [9.17, 15) is 18.4 Å². The summed E-state index contributed by atoms with van der Waals surface area (Å²) in [5, 5.41) is 13.7. The van der Waals surface area contributed by atoms with Gasteiger partial charge in [-0.05, 0) is 0 Å². The molecule has 1 heterocycles. The van der Waals surface area contributed by atoms with Gasteiger partial charge < -0.3 is 25.2 Å². The number of halogens is 2. The number of ether oxygens (including phenoxy) is 2. The van der Waals surface area contributed by atoms with Crippen molar-refractivity contribution in [2.45, 2.75) is 12.5 Å². The van der Waals surface area contributed by atoms with Crippen LogP contribution in [0.5, 0.6) is 0 Å². The molecule has 0 radical (unpaired) electrons. The first-order valence-electron chi connectivity index (χ1n) is 5.71. The number of aliphatic carboxylic acids is 1. The van der Waals surface area contributed by atoms with Crippen LogP contribution in [-0.4, -0.2) is 62.5 Å². The van der Waals surface area contributed by atoms with E-state index in [0.29, 0.717) is 0 Å². The van der Waals surface area contributed by atoms with Gasteiger partial charge in [-0.15, -0.1) is 0 Å². The van der Waals surface area contributed by atoms with Gasteiger partial charge in [0.1, 0.15) is 12.5 Å². The lowest BCUT2D eigenvalue weighted by Gasteiger charge is -2.16. The summed E-state index contributed by atoms with van der Waals surface area (Å²) in [6, 6.07) is -1.18. The maximum absolute atomic E-state index is 11.7. The smallest absolute Gasteiger partial charge is 0.315 e. The fourth-order valence-electron chi connectivity index (χ4n) is 1.57. The summed E-state index contributed by atoms with van der Waals surface area (Å²) in [5.41, 5.74) is 0. The molecule has 1 aliphatic rings. The number of nitrogens with one attached hydrogen (secondary N) is 2. The van der Waals surface area contributed by atoms with Crippen molar-refractivity contribution in [1.29, 1.82) is 0 Å². The predicted octanol–water partition coefficient (Wildman–Crippen LogP) is -0.333. The van der Waals surface area contributed by atoms with Crippen LogP contribution in [0, 0.1) is 5.92 Å². The van der Waals surface area contributed by atoms with Gasteiger partial charge in [0, 0.05) is 6.54 Å². The third kappa shape index (κ3) is 5.79. The number of carbonyl (C=O) groups excluding carboxylic acids is 1. The molecule has 7 nitrogen and oxygen atoms in total. The van der Waals surface area contributed by atoms with E-state index in [1.807, 2.05) is 0 Å². The average molecular weight is 282 g/mol. The fourth-order valence-corrected chi connectivity index (χ4v) is 1.57. The molecule has 3 N–H and O–H groups in total. The summed E-state index contributed by atoms with van der Waals surface area (Å²) in [4.78, 5) is 22.2. The monoisotopic (exact) mass is 282 g/mol. The molecule has 0 aromatic heterocycles. The second-order valence-electron chi connectivity index (χ2n) is 3.95. The highest BCUT2D eigenvalue weighted by atomic mass is 19.3. The van der Waals surface area contributed by atoms with Gasteiger partial charge in [0.15, 0.2) is 0 Å². The van der Waals surface area contributed by atoms with E-state index in [1.165, 1.54) is 0 Å². The summed E-state index contributed by atoms with van der Waals surface area (Å²) < 4.78 is 33.0. The summed E-state index contributed by atoms with van der Waals surface area (Å²) in [6.45, 7) is -0.476. The van der Waals surface area contributed by atoms with Gasteiger partial charge in [-0.1, -0.05) is 0 Å². The molecule has 9 heteroatoms. The zero-order chi connectivity index (χ0) is 14.3. The minimum absolute atomic E-state index is 0.0404. The SMILES string of the molecule is O=C(NCCOCC(F)F)NC1COCC1C(=O)O. The molecule has 0 spiro atoms. The lowest BCUT2D eigenvalue weighted by molar-refractivity contribution is -0.142. The second kappa shape index (κ2) is 7.85. The molecule has 1 rings (SSSR count). The van der Waals surface area contributed by atoms with Crippen LogP contribution < -0.4 is 10.6 Å². The molecule has 1 aliphatic heterocycles. The van der Waals surface area contributed by atoms with Crippen LogP contribution in [-0.2, 0) is 14.3 Å². The molecular formula is C10H16F2N2O5. The molecule has 110 valence electrons. The van der Waals surface area contributed by atoms with Crippen LogP contribution >= 0.6 is 0 Å². The first-order valence-corrected chi connectivity index (χ1v) is 5.71. The highest BCUT2D eigenvalue weighted by Crippen LogP contribution is 2.13. The van der Waals surface area contributed by atoms with Crippen molar-refractivity contribution in [1.82, 2.24) is 10.6 Å². The first kappa shape index (κ1) is 15.6. The van der Waals surface area contributed by atoms with E-state index in [-0.39, 0.29) is 26.4 Å². The third-order valence-corrected chi connectivity index (χ3v) is 2.49. The molecule has 1 fully saturated rings. The number of carboxylic acid groups (broad SMARTS) is 1. The van der Waals surface area contributed by atoms with Gasteiger partial charge in [-0.3, -0.25) is 4.79 Å². The minimum Gasteiger partial charge on any atom is -0.481 e. The zero-order valence-electron chi connectivity index (χ0n) is 10.1. The van der Waals surface area contributed by atoms with Gasteiger partial charge in [-0.2, -0.15) is 0 Å². The Morgan fingerprint density at radius 3 is 2.79 bits per heavy atom. The van der Waals surface area contributed by atoms with Crippen molar-refractivity contribution >= 4 is 12.0 Å². The molecule has 0 aromatic carbocycles. The van der Waals surface area contributed by atoms with E-state index in [2.05, 4.69) is 15.4 Å². The largest absolute Gasteiger partial charge is 0.481 e. The highest BCUT2D eigenvalue weighted by molar-refractivity contribution is 5.77. The topological polar surface area (TPSA) is 96.9 Å². The number of hydrogen-bond donors (Lipinski definition) is 3. The summed E-state index contributed by atoms with van der Waals surface area (Å²) in [6.07, 6.45) is -2.54. The van der Waals surface area contributed by atoms with E-state index >= 15 is 0 Å². The van der Waals surface area contributed by atoms with Crippen LogP contribution in [0.4, 0.5) is 13.6 Å². The predicted molar refractivity (Wildman–Crippen MR) is 59.1 cm³/mol. The van der Waals surface area contributed by atoms with Gasteiger partial charge in [0.2, 0.25) is 0 Å². The summed E-state index contributed by atoms with van der Waals surface area (Å²) >= 11 is 0. The summed E-state index contributed by atoms with van der Waals surface area (Å²) in [7, 11) is 0. The standard InChI is InChI=1S/C10H16F2N2O5/c11-8(12)5-18-2-1-13-10(17)14-7-4-19-3-6(7)9(15)16/h6-8H,1-5H2,(H,15,16)(H2,13,14,17). The lowest BCUT2D eigenvalue weighted by Crippen LogP contribution is -2.47. The van der Waals surface area contributed by atoms with Crippen molar-refractivity contribution in [3.05, 3.63) is 0 Å². The van der Waals surface area contributed by atoms with Crippen molar-refractivity contribution in [3.8, 4) is 0 Å². The van der Waals surface area contributed by atoms with Crippen LogP contribution in [0.2, 0.25) is 0 Å². The third-order valence-electron chi connectivity index (χ3n) is 2.49. The normalized spacial score (nSPS) is 22.5. The minimum atomic E-state index is -2.54. The Bertz CT molecular complexity index is 316. The molecule has 0 bridgehead atoms. The maximum atomic E-state index is 11.7. The number of amides is 2. The number of carboxylic acids is 1. The molecule has 2 atom stereocenters. The number of carbonyl (C=O) groups is 2. The average Bonchev–Trinajstić information content (AvgIpc) is 2.76. The Kier molecular flexibility index (Phi) is 6.43. The Hall–Kier alpha value is -1.48. The summed E-state index contributed by atoms with van der Waals surface area (Å²) in [5.74, 6) is -1.82. The molecule has 0 saturated carbocycles. The Labute approximate surface area is 108 Å². The van der Waals surface area contributed by atoms with E-state index in [1.54, 1.807) is 0 Å². The molecule has 0 aliphatic carbocycles. The van der Waals surface area contributed by atoms with Crippen LogP contribution in [0.25, 0.3) is 0 Å². The molecule has 1 saturated heterocycles. The maximum Gasteiger partial charge on any atom is 0.315 e. The van der Waals surface area contributed by atoms with Crippen LogP contribution in [0.15, 0.2) is 0 Å². The molecule has 2 unspecified atom stereocenters. The molecule has 19 heavy (non-hydrogen) atoms. The van der Waals surface area contributed by atoms with Gasteiger partial charge in [-0.25, -0.2) is 13.6 Å². The zero-order valence-corrected chi connectivity index (χ0v) is 10.1. The fraction of sp³-hybridized carbons (Fsp3) is 0.800. The van der Waals surface area contributed by atoms with Crippen molar-refractivity contribution in [3.63, 3.8) is 0 Å². The van der Waals surface area contributed by atoms with Crippen LogP contribution in [0.3, 0.4) is 0 Å². The van der Waals surface area contributed by atoms with Crippen molar-refractivity contribution in [2.24, 2.45) is 5.92 Å². The highest BCUT2D eigenvalue weighted by Gasteiger charge is 2.34. The molecule has 2 amide bonds. The van der Waals surface area contributed by atoms with E-state index < -0.39 is 37.0 Å². The number of hydrogen-bond acceptors (Lipinski definition) is 4. The van der Waals surface area contributed by atoms with Crippen molar-refractivity contribution < 1.29 is 33.0 Å². The van der Waals surface area contributed by atoms with Gasteiger partial charge in [0.05, 0.1) is 25.9 Å². The Morgan fingerprint density at radius 2 is 2.16 bits per heavy atom. The van der Waals surface area contributed by atoms with Gasteiger partial charge >= 0.3 is 12.0 Å². The number of urea groups is 1. The van der Waals surface area contributed by atoms with E-state index in [4.69, 9.17) is 9.84 Å². The molecular weight excluding hydrogens is 266 g/mol. The van der Waals surface area contributed by atoms with Crippen molar-refractivity contribution in [2.75, 3.05) is 33.0 Å². The molecule has 0 aromatic rings. The quantitative estimate of drug-likeness (QED) is 0.555. The van der Waals surface area contributed by atoms with E-state index in [0.717, 1.165) is 0 Å².